The highest BCUT2D eigenvalue weighted by Crippen LogP contribution is 2.06. The lowest BCUT2D eigenvalue weighted by molar-refractivity contribution is 0.160. The van der Waals surface area contributed by atoms with Gasteiger partial charge in [-0.1, -0.05) is 17.2 Å². The van der Waals surface area contributed by atoms with E-state index < -0.39 is 0 Å². The lowest BCUT2D eigenvalue weighted by Gasteiger charge is -2.01. The van der Waals surface area contributed by atoms with Crippen LogP contribution in [0.2, 0.25) is 0 Å². The molecule has 0 rings (SSSR count). The summed E-state index contributed by atoms with van der Waals surface area (Å²) in [4.78, 5) is 10.7. The number of alkyl carbamates (subject to hydrolysis) is 1. The molecule has 1 N–H and O–H groups in total. The van der Waals surface area contributed by atoms with Gasteiger partial charge in [0, 0.05) is 7.05 Å². The Hall–Kier alpha value is -1.25. The molecule has 0 aromatic heterocycles. The molecular weight excluding hydrogens is 190 g/mol. The molecule has 1 amide bonds. The van der Waals surface area contributed by atoms with E-state index in [-0.39, 0.29) is 6.09 Å². The van der Waals surface area contributed by atoms with E-state index in [1.807, 2.05) is 13.0 Å². The summed E-state index contributed by atoms with van der Waals surface area (Å²) in [6.07, 6.45) is 5.82. The summed E-state index contributed by atoms with van der Waals surface area (Å²) in [5.41, 5.74) is 2.58. The SMILES string of the molecule is CNC(=O)OC/C=C(\C)CCC=C(C)C. The van der Waals surface area contributed by atoms with Crippen LogP contribution in [0.5, 0.6) is 0 Å². The second-order valence-electron chi connectivity index (χ2n) is 3.72. The summed E-state index contributed by atoms with van der Waals surface area (Å²) < 4.78 is 4.85. The smallest absolute Gasteiger partial charge is 0.407 e. The van der Waals surface area contributed by atoms with Crippen LogP contribution < -0.4 is 5.32 Å². The van der Waals surface area contributed by atoms with Gasteiger partial charge >= 0.3 is 6.09 Å². The van der Waals surface area contributed by atoms with E-state index >= 15 is 0 Å². The first-order valence-corrected chi connectivity index (χ1v) is 5.19. The van der Waals surface area contributed by atoms with Gasteiger partial charge in [0.1, 0.15) is 6.61 Å². The summed E-state index contributed by atoms with van der Waals surface area (Å²) in [6.45, 7) is 6.58. The standard InChI is InChI=1S/C12H21NO2/c1-10(2)6-5-7-11(3)8-9-15-12(14)13-4/h6,8H,5,7,9H2,1-4H3,(H,13,14)/b11-8+. The summed E-state index contributed by atoms with van der Waals surface area (Å²) >= 11 is 0. The van der Waals surface area contributed by atoms with E-state index in [1.165, 1.54) is 11.1 Å². The third kappa shape index (κ3) is 9.06. The van der Waals surface area contributed by atoms with Crippen LogP contribution >= 0.6 is 0 Å². The first-order chi connectivity index (χ1) is 7.06. The lowest BCUT2D eigenvalue weighted by Crippen LogP contribution is -2.19. The van der Waals surface area contributed by atoms with Crippen LogP contribution in [0.4, 0.5) is 4.79 Å². The fraction of sp³-hybridized carbons (Fsp3) is 0.583. The van der Waals surface area contributed by atoms with Gasteiger partial charge in [0.25, 0.3) is 0 Å². The molecule has 3 nitrogen and oxygen atoms in total. The quantitative estimate of drug-likeness (QED) is 0.710. The average Bonchev–Trinajstić information content (AvgIpc) is 2.17. The molecule has 86 valence electrons. The number of hydrogen-bond acceptors (Lipinski definition) is 2. The molecular formula is C12H21NO2. The number of ether oxygens (including phenoxy) is 1. The molecule has 0 aromatic rings. The third-order valence-electron chi connectivity index (χ3n) is 1.94. The van der Waals surface area contributed by atoms with Gasteiger partial charge in [-0.2, -0.15) is 0 Å². The number of carbonyl (C=O) groups is 1. The van der Waals surface area contributed by atoms with Crippen molar-refractivity contribution in [3.8, 4) is 0 Å². The zero-order valence-corrected chi connectivity index (χ0v) is 10.1. The normalized spacial score (nSPS) is 10.8. The van der Waals surface area contributed by atoms with E-state index in [0.29, 0.717) is 6.61 Å². The molecule has 0 unspecified atom stereocenters. The number of carbonyl (C=O) groups excluding carboxylic acids is 1. The zero-order valence-electron chi connectivity index (χ0n) is 10.1. The van der Waals surface area contributed by atoms with Gasteiger partial charge in [-0.3, -0.25) is 0 Å². The number of rotatable bonds is 5. The predicted molar refractivity (Wildman–Crippen MR) is 62.8 cm³/mol. The fourth-order valence-corrected chi connectivity index (χ4v) is 1.02. The molecule has 0 fully saturated rings. The number of allylic oxidation sites excluding steroid dienone is 3. The lowest BCUT2D eigenvalue weighted by atomic mass is 10.1. The topological polar surface area (TPSA) is 38.3 Å². The van der Waals surface area contributed by atoms with Crippen LogP contribution in [0.3, 0.4) is 0 Å². The highest BCUT2D eigenvalue weighted by Gasteiger charge is 1.94. The Labute approximate surface area is 92.2 Å². The van der Waals surface area contributed by atoms with Gasteiger partial charge in [-0.25, -0.2) is 4.79 Å². The second kappa shape index (κ2) is 8.09. The van der Waals surface area contributed by atoms with Crippen LogP contribution in [0.1, 0.15) is 33.6 Å². The maximum atomic E-state index is 10.7. The highest BCUT2D eigenvalue weighted by molar-refractivity contribution is 5.66. The number of nitrogens with one attached hydrogen (secondary N) is 1. The van der Waals surface area contributed by atoms with Crippen LogP contribution in [0, 0.1) is 0 Å². The Morgan fingerprint density at radius 2 is 1.93 bits per heavy atom. The Kier molecular flexibility index (Phi) is 7.42. The predicted octanol–water partition coefficient (Wildman–Crippen LogP) is 3.04. The van der Waals surface area contributed by atoms with Crippen LogP contribution in [0.25, 0.3) is 0 Å². The molecule has 0 aromatic carbocycles. The summed E-state index contributed by atoms with van der Waals surface area (Å²) in [5.74, 6) is 0. The van der Waals surface area contributed by atoms with Crippen molar-refractivity contribution < 1.29 is 9.53 Å². The van der Waals surface area contributed by atoms with Crippen LogP contribution in [0.15, 0.2) is 23.3 Å². The monoisotopic (exact) mass is 211 g/mol. The van der Waals surface area contributed by atoms with Gasteiger partial charge in [0.15, 0.2) is 0 Å². The largest absolute Gasteiger partial charge is 0.445 e. The van der Waals surface area contributed by atoms with E-state index in [4.69, 9.17) is 4.74 Å². The minimum atomic E-state index is -0.386. The molecule has 0 aliphatic rings. The van der Waals surface area contributed by atoms with Crippen molar-refractivity contribution in [2.75, 3.05) is 13.7 Å². The minimum absolute atomic E-state index is 0.348. The molecule has 3 heteroatoms. The van der Waals surface area contributed by atoms with Crippen molar-refractivity contribution >= 4 is 6.09 Å². The van der Waals surface area contributed by atoms with Gasteiger partial charge in [0.05, 0.1) is 0 Å². The summed E-state index contributed by atoms with van der Waals surface area (Å²) in [5, 5.41) is 2.40. The third-order valence-corrected chi connectivity index (χ3v) is 1.94. The maximum Gasteiger partial charge on any atom is 0.407 e. The molecule has 0 aliphatic carbocycles. The summed E-state index contributed by atoms with van der Waals surface area (Å²) in [7, 11) is 1.55. The molecule has 0 heterocycles. The molecule has 0 spiro atoms. The van der Waals surface area contributed by atoms with Gasteiger partial charge in [-0.15, -0.1) is 0 Å². The molecule has 0 saturated heterocycles. The summed E-state index contributed by atoms with van der Waals surface area (Å²) in [6, 6.07) is 0. The van der Waals surface area contributed by atoms with Gasteiger partial charge in [0.2, 0.25) is 0 Å². The molecule has 15 heavy (non-hydrogen) atoms. The Bertz CT molecular complexity index is 250. The van der Waals surface area contributed by atoms with Crippen molar-refractivity contribution in [1.29, 1.82) is 0 Å². The first kappa shape index (κ1) is 13.8. The van der Waals surface area contributed by atoms with E-state index in [0.717, 1.165) is 12.8 Å². The first-order valence-electron chi connectivity index (χ1n) is 5.19. The van der Waals surface area contributed by atoms with Gasteiger partial charge in [-0.05, 0) is 39.7 Å². The van der Waals surface area contributed by atoms with Crippen molar-refractivity contribution in [3.63, 3.8) is 0 Å². The molecule has 0 saturated carbocycles. The zero-order chi connectivity index (χ0) is 11.7. The van der Waals surface area contributed by atoms with Crippen LogP contribution in [-0.4, -0.2) is 19.7 Å². The molecule has 0 bridgehead atoms. The van der Waals surface area contributed by atoms with Crippen molar-refractivity contribution in [3.05, 3.63) is 23.3 Å². The highest BCUT2D eigenvalue weighted by atomic mass is 16.5. The van der Waals surface area contributed by atoms with E-state index in [2.05, 4.69) is 25.2 Å². The molecule has 0 radical (unpaired) electrons. The maximum absolute atomic E-state index is 10.7. The Morgan fingerprint density at radius 1 is 1.27 bits per heavy atom. The second-order valence-corrected chi connectivity index (χ2v) is 3.72. The van der Waals surface area contributed by atoms with E-state index in [1.54, 1.807) is 7.05 Å². The van der Waals surface area contributed by atoms with Crippen molar-refractivity contribution in [2.24, 2.45) is 0 Å². The van der Waals surface area contributed by atoms with Gasteiger partial charge < -0.3 is 10.1 Å². The fourth-order valence-electron chi connectivity index (χ4n) is 1.02. The Balaban J connectivity index is 3.70. The van der Waals surface area contributed by atoms with Crippen molar-refractivity contribution in [1.82, 2.24) is 5.32 Å². The van der Waals surface area contributed by atoms with Crippen LogP contribution in [-0.2, 0) is 4.74 Å². The molecule has 0 aliphatic heterocycles. The average molecular weight is 211 g/mol. The Morgan fingerprint density at radius 3 is 2.47 bits per heavy atom. The minimum Gasteiger partial charge on any atom is -0.445 e. The number of hydrogen-bond donors (Lipinski definition) is 1. The molecule has 0 atom stereocenters. The van der Waals surface area contributed by atoms with Crippen molar-refractivity contribution in [2.45, 2.75) is 33.6 Å². The van der Waals surface area contributed by atoms with E-state index in [9.17, 15) is 4.79 Å². The number of amides is 1.